The van der Waals surface area contributed by atoms with E-state index in [9.17, 15) is 4.79 Å². The van der Waals surface area contributed by atoms with E-state index in [-0.39, 0.29) is 6.03 Å². The van der Waals surface area contributed by atoms with Crippen LogP contribution in [0.1, 0.15) is 33.1 Å². The lowest BCUT2D eigenvalue weighted by atomic mass is 10.0. The van der Waals surface area contributed by atoms with Gasteiger partial charge in [0.2, 0.25) is 0 Å². The lowest BCUT2D eigenvalue weighted by Crippen LogP contribution is -2.38. The molecular formula is C9H18N2O. The molecule has 0 spiro atoms. The third-order valence-corrected chi connectivity index (χ3v) is 2.67. The normalized spacial score (nSPS) is 18.5. The van der Waals surface area contributed by atoms with Crippen LogP contribution in [0.3, 0.4) is 0 Å². The Balaban J connectivity index is 2.12. The highest BCUT2D eigenvalue weighted by Gasteiger charge is 2.40. The van der Waals surface area contributed by atoms with E-state index in [1.165, 1.54) is 19.3 Å². The molecule has 1 fully saturated rings. The molecule has 0 aliphatic heterocycles. The number of carbonyl (C=O) groups excluding carboxylic acids is 1. The van der Waals surface area contributed by atoms with E-state index in [4.69, 9.17) is 0 Å². The molecule has 2 amide bonds. The predicted octanol–water partition coefficient (Wildman–Crippen LogP) is 1.50. The average Bonchev–Trinajstić information content (AvgIpc) is 2.82. The second-order valence-corrected chi connectivity index (χ2v) is 3.57. The molecule has 0 aromatic rings. The number of carbonyl (C=O) groups is 1. The minimum Gasteiger partial charge on any atom is -0.338 e. The van der Waals surface area contributed by atoms with Gasteiger partial charge in [0.05, 0.1) is 0 Å². The molecule has 0 aromatic carbocycles. The molecule has 0 radical (unpaired) electrons. The Morgan fingerprint density at radius 1 is 1.33 bits per heavy atom. The van der Waals surface area contributed by atoms with E-state index in [1.807, 2.05) is 6.92 Å². The maximum Gasteiger partial charge on any atom is 0.314 e. The van der Waals surface area contributed by atoms with Crippen LogP contribution in [0.5, 0.6) is 0 Å². The zero-order valence-corrected chi connectivity index (χ0v) is 7.94. The van der Waals surface area contributed by atoms with E-state index in [0.717, 1.165) is 6.54 Å². The maximum absolute atomic E-state index is 11.0. The summed E-state index contributed by atoms with van der Waals surface area (Å²) >= 11 is 0. The predicted molar refractivity (Wildman–Crippen MR) is 49.0 cm³/mol. The molecule has 2 N–H and O–H groups in total. The van der Waals surface area contributed by atoms with Crippen molar-refractivity contribution in [2.75, 3.05) is 13.1 Å². The molecule has 12 heavy (non-hydrogen) atoms. The quantitative estimate of drug-likeness (QED) is 0.659. The van der Waals surface area contributed by atoms with Crippen molar-refractivity contribution in [1.29, 1.82) is 0 Å². The molecule has 0 heterocycles. The van der Waals surface area contributed by atoms with Crippen LogP contribution in [0.25, 0.3) is 0 Å². The summed E-state index contributed by atoms with van der Waals surface area (Å²) in [5, 5.41) is 5.61. The van der Waals surface area contributed by atoms with Crippen molar-refractivity contribution in [3.8, 4) is 0 Å². The van der Waals surface area contributed by atoms with Crippen LogP contribution in [0.4, 0.5) is 4.79 Å². The fourth-order valence-corrected chi connectivity index (χ4v) is 1.32. The largest absolute Gasteiger partial charge is 0.338 e. The fraction of sp³-hybridized carbons (Fsp3) is 0.889. The Kier molecular flexibility index (Phi) is 2.95. The van der Waals surface area contributed by atoms with Crippen LogP contribution in [0, 0.1) is 5.41 Å². The summed E-state index contributed by atoms with van der Waals surface area (Å²) in [6.45, 7) is 5.65. The topological polar surface area (TPSA) is 41.1 Å². The van der Waals surface area contributed by atoms with E-state index >= 15 is 0 Å². The average molecular weight is 170 g/mol. The standard InChI is InChI=1S/C9H18N2O/c1-3-9(5-6-9)7-11-8(12)10-4-2/h3-7H2,1-2H3,(H2,10,11,12). The van der Waals surface area contributed by atoms with Gasteiger partial charge in [0, 0.05) is 13.1 Å². The number of hydrogen-bond donors (Lipinski definition) is 2. The fourth-order valence-electron chi connectivity index (χ4n) is 1.32. The summed E-state index contributed by atoms with van der Waals surface area (Å²) in [4.78, 5) is 11.0. The van der Waals surface area contributed by atoms with Crippen molar-refractivity contribution in [2.24, 2.45) is 5.41 Å². The van der Waals surface area contributed by atoms with Crippen molar-refractivity contribution in [3.63, 3.8) is 0 Å². The molecule has 1 aliphatic rings. The number of urea groups is 1. The molecule has 0 unspecified atom stereocenters. The number of nitrogens with one attached hydrogen (secondary N) is 2. The molecule has 0 aromatic heterocycles. The smallest absolute Gasteiger partial charge is 0.314 e. The van der Waals surface area contributed by atoms with Gasteiger partial charge >= 0.3 is 6.03 Å². The van der Waals surface area contributed by atoms with Crippen molar-refractivity contribution in [2.45, 2.75) is 33.1 Å². The lowest BCUT2D eigenvalue weighted by Gasteiger charge is -2.13. The number of rotatable bonds is 4. The zero-order chi connectivity index (χ0) is 9.03. The molecule has 3 nitrogen and oxygen atoms in total. The summed E-state index contributed by atoms with van der Waals surface area (Å²) in [6.07, 6.45) is 3.73. The van der Waals surface area contributed by atoms with Crippen LogP contribution in [0.15, 0.2) is 0 Å². The third kappa shape index (κ3) is 2.40. The summed E-state index contributed by atoms with van der Waals surface area (Å²) in [7, 11) is 0. The van der Waals surface area contributed by atoms with Gasteiger partial charge in [0.15, 0.2) is 0 Å². The summed E-state index contributed by atoms with van der Waals surface area (Å²) in [5.74, 6) is 0. The molecule has 0 saturated heterocycles. The first-order chi connectivity index (χ1) is 5.72. The minimum atomic E-state index is -0.0303. The molecular weight excluding hydrogens is 152 g/mol. The van der Waals surface area contributed by atoms with Crippen LogP contribution in [-0.2, 0) is 0 Å². The molecule has 70 valence electrons. The Bertz CT molecular complexity index is 164. The van der Waals surface area contributed by atoms with E-state index in [0.29, 0.717) is 12.0 Å². The molecule has 0 bridgehead atoms. The highest BCUT2D eigenvalue weighted by molar-refractivity contribution is 5.73. The molecule has 3 heteroatoms. The van der Waals surface area contributed by atoms with Gasteiger partial charge in [-0.1, -0.05) is 6.92 Å². The number of amides is 2. The van der Waals surface area contributed by atoms with Crippen molar-refractivity contribution in [1.82, 2.24) is 10.6 Å². The minimum absolute atomic E-state index is 0.0303. The van der Waals surface area contributed by atoms with Gasteiger partial charge in [-0.05, 0) is 31.6 Å². The lowest BCUT2D eigenvalue weighted by molar-refractivity contribution is 0.238. The zero-order valence-electron chi connectivity index (χ0n) is 7.94. The van der Waals surface area contributed by atoms with Gasteiger partial charge in [-0.2, -0.15) is 0 Å². The van der Waals surface area contributed by atoms with Crippen molar-refractivity contribution < 1.29 is 4.79 Å². The Hall–Kier alpha value is -0.730. The first kappa shape index (κ1) is 9.36. The highest BCUT2D eigenvalue weighted by Crippen LogP contribution is 2.47. The van der Waals surface area contributed by atoms with Gasteiger partial charge in [-0.15, -0.1) is 0 Å². The van der Waals surface area contributed by atoms with Crippen LogP contribution < -0.4 is 10.6 Å². The second kappa shape index (κ2) is 3.78. The third-order valence-electron chi connectivity index (χ3n) is 2.67. The number of hydrogen-bond acceptors (Lipinski definition) is 1. The van der Waals surface area contributed by atoms with E-state index < -0.39 is 0 Å². The SMILES string of the molecule is CCNC(=O)NCC1(CC)CC1. The van der Waals surface area contributed by atoms with Crippen LogP contribution in [-0.4, -0.2) is 19.1 Å². The molecule has 0 atom stereocenters. The Morgan fingerprint density at radius 2 is 2.00 bits per heavy atom. The molecule has 1 aliphatic carbocycles. The van der Waals surface area contributed by atoms with Crippen molar-refractivity contribution in [3.05, 3.63) is 0 Å². The van der Waals surface area contributed by atoms with E-state index in [1.54, 1.807) is 0 Å². The van der Waals surface area contributed by atoms with Crippen LogP contribution >= 0.6 is 0 Å². The van der Waals surface area contributed by atoms with Gasteiger partial charge in [0.1, 0.15) is 0 Å². The summed E-state index contributed by atoms with van der Waals surface area (Å²) in [6, 6.07) is -0.0303. The van der Waals surface area contributed by atoms with Crippen LogP contribution in [0.2, 0.25) is 0 Å². The summed E-state index contributed by atoms with van der Waals surface area (Å²) < 4.78 is 0. The summed E-state index contributed by atoms with van der Waals surface area (Å²) in [5.41, 5.74) is 0.449. The second-order valence-electron chi connectivity index (χ2n) is 3.57. The first-order valence-electron chi connectivity index (χ1n) is 4.74. The highest BCUT2D eigenvalue weighted by atomic mass is 16.2. The molecule has 1 rings (SSSR count). The van der Waals surface area contributed by atoms with Crippen molar-refractivity contribution >= 4 is 6.03 Å². The monoisotopic (exact) mass is 170 g/mol. The first-order valence-corrected chi connectivity index (χ1v) is 4.74. The van der Waals surface area contributed by atoms with Gasteiger partial charge in [-0.3, -0.25) is 0 Å². The van der Waals surface area contributed by atoms with Gasteiger partial charge in [-0.25, -0.2) is 4.79 Å². The van der Waals surface area contributed by atoms with E-state index in [2.05, 4.69) is 17.6 Å². The Labute approximate surface area is 73.9 Å². The van der Waals surface area contributed by atoms with Gasteiger partial charge < -0.3 is 10.6 Å². The molecule has 1 saturated carbocycles. The maximum atomic E-state index is 11.0. The Morgan fingerprint density at radius 3 is 2.42 bits per heavy atom. The van der Waals surface area contributed by atoms with Gasteiger partial charge in [0.25, 0.3) is 0 Å².